The molecule has 0 atom stereocenters. The first kappa shape index (κ1) is 13.4. The number of rotatable bonds is 2. The Labute approximate surface area is 110 Å². The van der Waals surface area contributed by atoms with Crippen molar-refractivity contribution in [2.24, 2.45) is 0 Å². The molecule has 2 nitrogen and oxygen atoms in total. The van der Waals surface area contributed by atoms with Gasteiger partial charge in [0.25, 0.3) is 0 Å². The highest BCUT2D eigenvalue weighted by Gasteiger charge is 2.49. The fourth-order valence-corrected chi connectivity index (χ4v) is 1.92. The first-order valence-electron chi connectivity index (χ1n) is 6.41. The van der Waals surface area contributed by atoms with E-state index in [2.05, 4.69) is 52.8 Å². The Morgan fingerprint density at radius 3 is 2.11 bits per heavy atom. The normalized spacial score (nSPS) is 21.7. The van der Waals surface area contributed by atoms with E-state index < -0.39 is 0 Å². The van der Waals surface area contributed by atoms with E-state index in [1.54, 1.807) is 0 Å². The first-order chi connectivity index (χ1) is 8.32. The van der Waals surface area contributed by atoms with Crippen LogP contribution in [-0.2, 0) is 9.31 Å². The molecule has 1 saturated heterocycles. The molecule has 0 spiro atoms. The number of hydrogen-bond donors (Lipinski definition) is 0. The highest BCUT2D eigenvalue weighted by molar-refractivity contribution is 6.52. The molecule has 1 fully saturated rings. The Morgan fingerprint density at radius 1 is 1.00 bits per heavy atom. The SMILES string of the molecule is Cc1ccccc1/C=C/B1OC(C)(C)C(C)(C)O1. The van der Waals surface area contributed by atoms with Crippen molar-refractivity contribution in [3.63, 3.8) is 0 Å². The van der Waals surface area contributed by atoms with Crippen molar-refractivity contribution in [1.29, 1.82) is 0 Å². The smallest absolute Gasteiger partial charge is 0.400 e. The highest BCUT2D eigenvalue weighted by atomic mass is 16.7. The van der Waals surface area contributed by atoms with Gasteiger partial charge < -0.3 is 9.31 Å². The van der Waals surface area contributed by atoms with Gasteiger partial charge in [-0.05, 0) is 45.7 Å². The maximum atomic E-state index is 5.92. The molecule has 18 heavy (non-hydrogen) atoms. The Kier molecular flexibility index (Phi) is 3.39. The van der Waals surface area contributed by atoms with E-state index >= 15 is 0 Å². The summed E-state index contributed by atoms with van der Waals surface area (Å²) >= 11 is 0. The molecule has 0 saturated carbocycles. The summed E-state index contributed by atoms with van der Waals surface area (Å²) in [5.41, 5.74) is 1.92. The minimum Gasteiger partial charge on any atom is -0.400 e. The lowest BCUT2D eigenvalue weighted by Crippen LogP contribution is -2.41. The van der Waals surface area contributed by atoms with Crippen molar-refractivity contribution in [2.45, 2.75) is 45.8 Å². The second kappa shape index (κ2) is 4.56. The molecule has 1 heterocycles. The Balaban J connectivity index is 2.11. The van der Waals surface area contributed by atoms with E-state index in [1.807, 2.05) is 18.1 Å². The summed E-state index contributed by atoms with van der Waals surface area (Å²) in [5.74, 6) is 1.98. The van der Waals surface area contributed by atoms with E-state index in [-0.39, 0.29) is 18.3 Å². The molecular formula is C15H21BO2. The van der Waals surface area contributed by atoms with Crippen LogP contribution >= 0.6 is 0 Å². The van der Waals surface area contributed by atoms with Gasteiger partial charge in [-0.3, -0.25) is 0 Å². The molecule has 1 aliphatic heterocycles. The van der Waals surface area contributed by atoms with Crippen LogP contribution in [0.5, 0.6) is 0 Å². The molecule has 2 rings (SSSR count). The van der Waals surface area contributed by atoms with E-state index in [4.69, 9.17) is 9.31 Å². The predicted molar refractivity (Wildman–Crippen MR) is 76.3 cm³/mol. The summed E-state index contributed by atoms with van der Waals surface area (Å²) in [4.78, 5) is 0. The fourth-order valence-electron chi connectivity index (χ4n) is 1.92. The van der Waals surface area contributed by atoms with E-state index in [0.29, 0.717) is 0 Å². The molecule has 3 heteroatoms. The third-order valence-electron chi connectivity index (χ3n) is 3.89. The molecule has 0 N–H and O–H groups in total. The van der Waals surface area contributed by atoms with Crippen molar-refractivity contribution in [2.75, 3.05) is 0 Å². The van der Waals surface area contributed by atoms with Crippen molar-refractivity contribution in [3.05, 3.63) is 41.4 Å². The Hall–Kier alpha value is -1.06. The monoisotopic (exact) mass is 244 g/mol. The fraction of sp³-hybridized carbons (Fsp3) is 0.467. The second-order valence-electron chi connectivity index (χ2n) is 5.84. The molecular weight excluding hydrogens is 223 g/mol. The topological polar surface area (TPSA) is 18.5 Å². The lowest BCUT2D eigenvalue weighted by molar-refractivity contribution is 0.00578. The van der Waals surface area contributed by atoms with E-state index in [0.717, 1.165) is 0 Å². The van der Waals surface area contributed by atoms with Crippen LogP contribution in [0.1, 0.15) is 38.8 Å². The van der Waals surface area contributed by atoms with Crippen LogP contribution in [0.15, 0.2) is 30.2 Å². The molecule has 0 bridgehead atoms. The van der Waals surface area contributed by atoms with Gasteiger partial charge in [0.15, 0.2) is 0 Å². The molecule has 96 valence electrons. The lowest BCUT2D eigenvalue weighted by atomic mass is 9.88. The third-order valence-corrected chi connectivity index (χ3v) is 3.89. The van der Waals surface area contributed by atoms with Crippen LogP contribution in [0.3, 0.4) is 0 Å². The van der Waals surface area contributed by atoms with Crippen molar-refractivity contribution < 1.29 is 9.31 Å². The van der Waals surface area contributed by atoms with Crippen LogP contribution in [0.25, 0.3) is 6.08 Å². The van der Waals surface area contributed by atoms with E-state index in [1.165, 1.54) is 11.1 Å². The molecule has 0 unspecified atom stereocenters. The zero-order chi connectivity index (χ0) is 13.4. The third kappa shape index (κ3) is 2.52. The van der Waals surface area contributed by atoms with Gasteiger partial charge in [0.2, 0.25) is 0 Å². The first-order valence-corrected chi connectivity index (χ1v) is 6.41. The Bertz CT molecular complexity index is 447. The minimum absolute atomic E-state index is 0.269. The summed E-state index contributed by atoms with van der Waals surface area (Å²) in [6.45, 7) is 10.4. The molecule has 1 aromatic carbocycles. The van der Waals surface area contributed by atoms with Gasteiger partial charge in [-0.2, -0.15) is 0 Å². The second-order valence-corrected chi connectivity index (χ2v) is 5.84. The van der Waals surface area contributed by atoms with Crippen LogP contribution in [0.4, 0.5) is 0 Å². The lowest BCUT2D eigenvalue weighted by Gasteiger charge is -2.32. The summed E-state index contributed by atoms with van der Waals surface area (Å²) < 4.78 is 11.8. The van der Waals surface area contributed by atoms with Crippen LogP contribution in [0, 0.1) is 6.92 Å². The molecule has 0 aromatic heterocycles. The standard InChI is InChI=1S/C15H21BO2/c1-12-8-6-7-9-13(12)10-11-16-17-14(2,3)15(4,5)18-16/h6-11H,1-5H3/b11-10+. The van der Waals surface area contributed by atoms with Gasteiger partial charge in [-0.1, -0.05) is 36.3 Å². The Morgan fingerprint density at radius 2 is 1.56 bits per heavy atom. The van der Waals surface area contributed by atoms with Gasteiger partial charge in [0.1, 0.15) is 0 Å². The van der Waals surface area contributed by atoms with Crippen molar-refractivity contribution in [3.8, 4) is 0 Å². The van der Waals surface area contributed by atoms with Gasteiger partial charge in [-0.25, -0.2) is 0 Å². The molecule has 1 aliphatic rings. The number of hydrogen-bond acceptors (Lipinski definition) is 2. The minimum atomic E-state index is -0.270. The molecule has 1 aromatic rings. The van der Waals surface area contributed by atoms with Crippen molar-refractivity contribution >= 4 is 13.2 Å². The van der Waals surface area contributed by atoms with Crippen molar-refractivity contribution in [1.82, 2.24) is 0 Å². The van der Waals surface area contributed by atoms with Crippen LogP contribution in [-0.4, -0.2) is 18.3 Å². The van der Waals surface area contributed by atoms with Gasteiger partial charge in [0, 0.05) is 0 Å². The highest BCUT2D eigenvalue weighted by Crippen LogP contribution is 2.37. The van der Waals surface area contributed by atoms with Crippen LogP contribution in [0.2, 0.25) is 0 Å². The largest absolute Gasteiger partial charge is 0.487 e. The number of aryl methyl sites for hydroxylation is 1. The predicted octanol–water partition coefficient (Wildman–Crippen LogP) is 3.64. The maximum absolute atomic E-state index is 5.92. The average Bonchev–Trinajstić information content (AvgIpc) is 2.46. The van der Waals surface area contributed by atoms with E-state index in [9.17, 15) is 0 Å². The van der Waals surface area contributed by atoms with Gasteiger partial charge >= 0.3 is 7.12 Å². The quantitative estimate of drug-likeness (QED) is 0.739. The van der Waals surface area contributed by atoms with Crippen LogP contribution < -0.4 is 0 Å². The average molecular weight is 244 g/mol. The number of benzene rings is 1. The molecule has 0 amide bonds. The summed E-state index contributed by atoms with van der Waals surface area (Å²) in [6.07, 6.45) is 2.07. The molecule has 0 aliphatic carbocycles. The zero-order valence-corrected chi connectivity index (χ0v) is 11.9. The zero-order valence-electron chi connectivity index (χ0n) is 11.9. The summed E-state index contributed by atoms with van der Waals surface area (Å²) in [7, 11) is -0.269. The maximum Gasteiger partial charge on any atom is 0.487 e. The van der Waals surface area contributed by atoms with Gasteiger partial charge in [-0.15, -0.1) is 0 Å². The summed E-state index contributed by atoms with van der Waals surface area (Å²) in [5, 5.41) is 0. The summed E-state index contributed by atoms with van der Waals surface area (Å²) in [6, 6.07) is 8.28. The molecule has 0 radical (unpaired) electrons. The van der Waals surface area contributed by atoms with Gasteiger partial charge in [0.05, 0.1) is 11.2 Å².